The second-order valence-corrected chi connectivity index (χ2v) is 6.63. The molecule has 3 amide bonds. The number of carbonyl (C=O) groups excluding carboxylic acids is 2. The van der Waals surface area contributed by atoms with Crippen LogP contribution in [-0.4, -0.2) is 29.4 Å². The standard InChI is InChI=1S/C12H9Cl2N2O2.C7H7.W/c13-7-4-8(14)6-9(5-7)16-11(17)10-2-1-3-15(10)12(16)18;1-7-5-3-2-4-6-7;/h1,4-6,10H,2-3H2;2-6H,1H2;/q2*-1;+2. The molecule has 4 rings (SSSR count). The van der Waals surface area contributed by atoms with Gasteiger partial charge in [0, 0.05) is 10.0 Å². The zero-order chi connectivity index (χ0) is 18.0. The van der Waals surface area contributed by atoms with Crippen molar-refractivity contribution in [1.82, 2.24) is 4.90 Å². The number of hydrogen-bond donors (Lipinski definition) is 0. The first-order valence-corrected chi connectivity index (χ1v) is 8.52. The molecule has 2 aromatic rings. The van der Waals surface area contributed by atoms with E-state index in [1.165, 1.54) is 0 Å². The fraction of sp³-hybridized carbons (Fsp3) is 0.158. The zero-order valence-electron chi connectivity index (χ0n) is 13.8. The van der Waals surface area contributed by atoms with Gasteiger partial charge in [-0.3, -0.25) is 4.79 Å². The van der Waals surface area contributed by atoms with E-state index >= 15 is 0 Å². The van der Waals surface area contributed by atoms with Gasteiger partial charge >= 0.3 is 27.1 Å². The molecule has 26 heavy (non-hydrogen) atoms. The van der Waals surface area contributed by atoms with Crippen molar-refractivity contribution in [2.45, 2.75) is 12.5 Å². The maximum atomic E-state index is 12.2. The molecule has 0 N–H and O–H groups in total. The molecule has 2 aliphatic heterocycles. The fourth-order valence-electron chi connectivity index (χ4n) is 2.83. The Morgan fingerprint density at radius 3 is 2.15 bits per heavy atom. The number of carbonyl (C=O) groups is 2. The second kappa shape index (κ2) is 8.94. The fourth-order valence-corrected chi connectivity index (χ4v) is 3.34. The maximum absolute atomic E-state index is 12.2. The topological polar surface area (TPSA) is 40.6 Å². The van der Waals surface area contributed by atoms with Crippen LogP contribution in [0.5, 0.6) is 0 Å². The molecule has 0 saturated carbocycles. The number of urea groups is 1. The molecule has 2 aliphatic rings. The van der Waals surface area contributed by atoms with Crippen molar-refractivity contribution in [2.24, 2.45) is 0 Å². The quantitative estimate of drug-likeness (QED) is 0.379. The van der Waals surface area contributed by atoms with Gasteiger partial charge in [0.1, 0.15) is 0 Å². The van der Waals surface area contributed by atoms with Gasteiger partial charge in [0.05, 0.1) is 11.7 Å². The first-order chi connectivity index (χ1) is 12.0. The summed E-state index contributed by atoms with van der Waals surface area (Å²) in [5.41, 5.74) is 1.50. The number of hydrogen-bond acceptors (Lipinski definition) is 2. The summed E-state index contributed by atoms with van der Waals surface area (Å²) >= 11 is 11.8. The van der Waals surface area contributed by atoms with Crippen molar-refractivity contribution >= 4 is 40.8 Å². The van der Waals surface area contributed by atoms with Crippen LogP contribution in [-0.2, 0) is 25.9 Å². The van der Waals surface area contributed by atoms with Crippen molar-refractivity contribution in [2.75, 3.05) is 11.4 Å². The van der Waals surface area contributed by atoms with Gasteiger partial charge in [0.2, 0.25) is 0 Å². The largest absolute Gasteiger partial charge is 2.00 e. The summed E-state index contributed by atoms with van der Waals surface area (Å²) < 4.78 is 0. The molecule has 2 heterocycles. The van der Waals surface area contributed by atoms with Gasteiger partial charge in [-0.25, -0.2) is 9.69 Å². The maximum Gasteiger partial charge on any atom is 2.00 e. The number of rotatable bonds is 1. The molecule has 2 aromatic carbocycles. The molecule has 4 nitrogen and oxygen atoms in total. The summed E-state index contributed by atoms with van der Waals surface area (Å²) in [5.74, 6) is -0.216. The summed E-state index contributed by atoms with van der Waals surface area (Å²) in [4.78, 5) is 27.0. The first-order valence-electron chi connectivity index (χ1n) is 7.76. The van der Waals surface area contributed by atoms with Crippen molar-refractivity contribution < 1.29 is 30.7 Å². The van der Waals surface area contributed by atoms with Crippen LogP contribution < -0.4 is 4.90 Å². The van der Waals surface area contributed by atoms with Gasteiger partial charge in [-0.1, -0.05) is 29.3 Å². The molecule has 0 aromatic heterocycles. The molecule has 1 unspecified atom stereocenters. The molecule has 0 bridgehead atoms. The Morgan fingerprint density at radius 1 is 1.04 bits per heavy atom. The predicted molar refractivity (Wildman–Crippen MR) is 99.7 cm³/mol. The average molecular weight is 559 g/mol. The molecule has 0 spiro atoms. The number of anilines is 1. The van der Waals surface area contributed by atoms with Gasteiger partial charge in [-0.15, -0.1) is 25.1 Å². The van der Waals surface area contributed by atoms with Gasteiger partial charge in [-0.2, -0.15) is 24.6 Å². The molecule has 134 valence electrons. The summed E-state index contributed by atoms with van der Waals surface area (Å²) in [6.45, 7) is 4.23. The summed E-state index contributed by atoms with van der Waals surface area (Å²) in [6.07, 6.45) is 2.54. The third kappa shape index (κ3) is 4.43. The van der Waals surface area contributed by atoms with E-state index in [0.29, 0.717) is 28.7 Å². The number of imide groups is 1. The van der Waals surface area contributed by atoms with Crippen molar-refractivity contribution in [3.63, 3.8) is 0 Å². The zero-order valence-corrected chi connectivity index (χ0v) is 18.2. The summed E-state index contributed by atoms with van der Waals surface area (Å²) in [6, 6.07) is 13.9. The van der Waals surface area contributed by atoms with Crippen molar-refractivity contribution in [3.05, 3.63) is 77.5 Å². The molecular weight excluding hydrogens is 543 g/mol. The van der Waals surface area contributed by atoms with Crippen LogP contribution in [0.15, 0.2) is 48.5 Å². The second-order valence-electron chi connectivity index (χ2n) is 5.76. The number of halogens is 2. The van der Waals surface area contributed by atoms with Crippen LogP contribution in [0, 0.1) is 13.3 Å². The van der Waals surface area contributed by atoms with E-state index in [4.69, 9.17) is 23.2 Å². The summed E-state index contributed by atoms with van der Waals surface area (Å²) in [5, 5.41) is 0.799. The Bertz CT molecular complexity index is 759. The monoisotopic (exact) mass is 558 g/mol. The third-order valence-electron chi connectivity index (χ3n) is 3.98. The van der Waals surface area contributed by atoms with Crippen LogP contribution in [0.25, 0.3) is 0 Å². The van der Waals surface area contributed by atoms with E-state index in [1.54, 1.807) is 23.1 Å². The Kier molecular flexibility index (Phi) is 7.16. The van der Waals surface area contributed by atoms with E-state index in [1.807, 2.05) is 36.8 Å². The van der Waals surface area contributed by atoms with E-state index in [-0.39, 0.29) is 39.0 Å². The normalized spacial score (nSPS) is 18.2. The van der Waals surface area contributed by atoms with Gasteiger partial charge in [0.25, 0.3) is 5.91 Å². The molecule has 7 heteroatoms. The van der Waals surface area contributed by atoms with Gasteiger partial charge in [-0.05, 0) is 18.2 Å². The van der Waals surface area contributed by atoms with Crippen LogP contribution in [0.1, 0.15) is 12.0 Å². The average Bonchev–Trinajstić information content (AvgIpc) is 3.12. The molecule has 0 aliphatic carbocycles. The number of fused-ring (bicyclic) bond motifs is 1. The van der Waals surface area contributed by atoms with E-state index in [9.17, 15) is 9.59 Å². The first kappa shape index (κ1) is 20.8. The van der Waals surface area contributed by atoms with Crippen LogP contribution in [0.2, 0.25) is 10.0 Å². The Balaban J connectivity index is 0.000000258. The Labute approximate surface area is 177 Å². The van der Waals surface area contributed by atoms with E-state index in [2.05, 4.69) is 6.92 Å². The predicted octanol–water partition coefficient (Wildman–Crippen LogP) is 4.60. The molecule has 1 atom stereocenters. The molecule has 2 fully saturated rings. The molecular formula is C19H16Cl2N2O2W. The van der Waals surface area contributed by atoms with Crippen LogP contribution in [0.4, 0.5) is 10.5 Å². The van der Waals surface area contributed by atoms with Crippen LogP contribution in [0.3, 0.4) is 0 Å². The van der Waals surface area contributed by atoms with E-state index < -0.39 is 0 Å². The van der Waals surface area contributed by atoms with E-state index in [0.717, 1.165) is 10.5 Å². The minimum absolute atomic E-state index is 0. The summed E-state index contributed by atoms with van der Waals surface area (Å²) in [7, 11) is 0. The SMILES string of the molecule is O=C1C2C[CH-]CN2C(=O)N1c1cc(Cl)cc(Cl)c1.[CH2-]c1ccccc1.[W+2]. The number of amides is 3. The minimum Gasteiger partial charge on any atom is -0.344 e. The Hall–Kier alpha value is -1.48. The van der Waals surface area contributed by atoms with Gasteiger partial charge in [0.15, 0.2) is 0 Å². The van der Waals surface area contributed by atoms with Crippen molar-refractivity contribution in [3.8, 4) is 0 Å². The molecule has 2 saturated heterocycles. The van der Waals surface area contributed by atoms with Gasteiger partial charge < -0.3 is 11.3 Å². The smallest absolute Gasteiger partial charge is 0.344 e. The van der Waals surface area contributed by atoms with Crippen LogP contribution >= 0.6 is 23.2 Å². The third-order valence-corrected chi connectivity index (χ3v) is 4.42. The number of nitrogens with zero attached hydrogens (tertiary/aromatic N) is 2. The minimum atomic E-state index is -0.366. The van der Waals surface area contributed by atoms with Crippen molar-refractivity contribution in [1.29, 1.82) is 0 Å². The molecule has 0 radical (unpaired) electrons. The number of benzene rings is 2. The Morgan fingerprint density at radius 2 is 1.65 bits per heavy atom.